The number of carbonyl (C=O) groups excluding carboxylic acids is 2. The average Bonchev–Trinajstić information content (AvgIpc) is 2.78. The Morgan fingerprint density at radius 3 is 2.22 bits per heavy atom. The second-order valence-corrected chi connectivity index (χ2v) is 8.22. The van der Waals surface area contributed by atoms with Crippen LogP contribution in [0, 0.1) is 0 Å². The number of sulfone groups is 1. The van der Waals surface area contributed by atoms with E-state index in [9.17, 15) is 23.1 Å². The van der Waals surface area contributed by atoms with Crippen molar-refractivity contribution in [3.8, 4) is 0 Å². The van der Waals surface area contributed by atoms with Gasteiger partial charge in [-0.3, -0.25) is 9.59 Å². The molecule has 1 fully saturated rings. The molecule has 8 heteroatoms. The molecule has 1 aromatic rings. The van der Waals surface area contributed by atoms with Crippen LogP contribution >= 0.6 is 11.6 Å². The van der Waals surface area contributed by atoms with Gasteiger partial charge in [0.25, 0.3) is 0 Å². The van der Waals surface area contributed by atoms with Crippen molar-refractivity contribution in [3.05, 3.63) is 46.1 Å². The van der Waals surface area contributed by atoms with E-state index in [2.05, 4.69) is 0 Å². The molecule has 0 saturated carbocycles. The Balaban J connectivity index is 2.04. The van der Waals surface area contributed by atoms with E-state index < -0.39 is 33.5 Å². The monoisotopic (exact) mass is 355 g/mol. The molecule has 1 saturated heterocycles. The molecule has 0 radical (unpaired) electrons. The third-order valence-electron chi connectivity index (χ3n) is 4.18. The minimum Gasteiger partial charge on any atom is -0.390 e. The number of nitrogens with zero attached hydrogens (tertiary/aromatic N) is 1. The van der Waals surface area contributed by atoms with Crippen LogP contribution in [-0.4, -0.2) is 60.7 Å². The van der Waals surface area contributed by atoms with Crippen LogP contribution in [-0.2, 0) is 9.84 Å². The molecule has 1 N–H and O–H groups in total. The third kappa shape index (κ3) is 2.58. The fourth-order valence-electron chi connectivity index (χ4n) is 2.99. The van der Waals surface area contributed by atoms with Crippen molar-refractivity contribution in [2.45, 2.75) is 12.1 Å². The van der Waals surface area contributed by atoms with E-state index in [1.54, 1.807) is 12.1 Å². The van der Waals surface area contributed by atoms with Crippen LogP contribution < -0.4 is 0 Å². The summed E-state index contributed by atoms with van der Waals surface area (Å²) in [6, 6.07) is 5.50. The SMILES string of the molecule is CN(C1=C(Cl)C(=O)c2ccccc2C1=O)[C@@H]1CS(=O)(=O)C[C@@H]1O. The Kier molecular flexibility index (Phi) is 3.82. The molecule has 0 bridgehead atoms. The fourth-order valence-corrected chi connectivity index (χ4v) is 5.16. The highest BCUT2D eigenvalue weighted by molar-refractivity contribution is 7.91. The molecule has 23 heavy (non-hydrogen) atoms. The van der Waals surface area contributed by atoms with Gasteiger partial charge in [0, 0.05) is 18.2 Å². The molecule has 122 valence electrons. The minimum atomic E-state index is -3.39. The number of carbonyl (C=O) groups is 2. The number of hydrogen-bond donors (Lipinski definition) is 1. The number of hydrogen-bond acceptors (Lipinski definition) is 6. The molecule has 2 atom stereocenters. The van der Waals surface area contributed by atoms with Crippen LogP contribution in [0.25, 0.3) is 0 Å². The normalized spacial score (nSPS) is 26.4. The van der Waals surface area contributed by atoms with Gasteiger partial charge in [-0.25, -0.2) is 8.42 Å². The summed E-state index contributed by atoms with van der Waals surface area (Å²) in [4.78, 5) is 26.3. The van der Waals surface area contributed by atoms with Crippen molar-refractivity contribution in [1.82, 2.24) is 4.90 Å². The highest BCUT2D eigenvalue weighted by Crippen LogP contribution is 2.32. The topological polar surface area (TPSA) is 91.8 Å². The summed E-state index contributed by atoms with van der Waals surface area (Å²) >= 11 is 6.08. The largest absolute Gasteiger partial charge is 0.390 e. The lowest BCUT2D eigenvalue weighted by molar-refractivity contribution is 0.0875. The number of ketones is 2. The molecule has 1 aromatic carbocycles. The first-order valence-electron chi connectivity index (χ1n) is 6.92. The van der Waals surface area contributed by atoms with Crippen molar-refractivity contribution in [2.24, 2.45) is 0 Å². The lowest BCUT2D eigenvalue weighted by Gasteiger charge is -2.32. The van der Waals surface area contributed by atoms with Crippen molar-refractivity contribution in [2.75, 3.05) is 18.6 Å². The van der Waals surface area contributed by atoms with Crippen molar-refractivity contribution in [1.29, 1.82) is 0 Å². The van der Waals surface area contributed by atoms with Gasteiger partial charge >= 0.3 is 0 Å². The molecule has 0 amide bonds. The number of rotatable bonds is 2. The zero-order chi connectivity index (χ0) is 16.9. The first-order chi connectivity index (χ1) is 10.7. The first-order valence-corrected chi connectivity index (χ1v) is 9.12. The number of fused-ring (bicyclic) bond motifs is 1. The summed E-state index contributed by atoms with van der Waals surface area (Å²) in [6.07, 6.45) is -1.14. The predicted molar refractivity (Wildman–Crippen MR) is 84.2 cm³/mol. The predicted octanol–water partition coefficient (Wildman–Crippen LogP) is 0.606. The highest BCUT2D eigenvalue weighted by atomic mass is 35.5. The number of halogens is 1. The molecular weight excluding hydrogens is 342 g/mol. The molecule has 1 aliphatic carbocycles. The summed E-state index contributed by atoms with van der Waals surface area (Å²) in [5.74, 6) is -1.60. The van der Waals surface area contributed by atoms with Crippen LogP contribution in [0.1, 0.15) is 20.7 Å². The highest BCUT2D eigenvalue weighted by Gasteiger charge is 2.43. The minimum absolute atomic E-state index is 0.0727. The van der Waals surface area contributed by atoms with Gasteiger partial charge in [0.1, 0.15) is 10.7 Å². The van der Waals surface area contributed by atoms with Crippen LogP contribution in [0.4, 0.5) is 0 Å². The molecule has 1 heterocycles. The van der Waals surface area contributed by atoms with Crippen molar-refractivity contribution < 1.29 is 23.1 Å². The molecule has 3 rings (SSSR count). The van der Waals surface area contributed by atoms with E-state index in [-0.39, 0.29) is 33.4 Å². The molecule has 2 aliphatic rings. The number of Topliss-reactive ketones (excluding diaryl/α,β-unsaturated/α-hetero) is 2. The first kappa shape index (κ1) is 16.2. The van der Waals surface area contributed by atoms with Crippen molar-refractivity contribution >= 4 is 33.0 Å². The number of likely N-dealkylation sites (N-methyl/N-ethyl adjacent to an activating group) is 1. The maximum Gasteiger partial charge on any atom is 0.211 e. The fraction of sp³-hybridized carbons (Fsp3) is 0.333. The van der Waals surface area contributed by atoms with Crippen LogP contribution in [0.5, 0.6) is 0 Å². The number of aliphatic hydroxyl groups excluding tert-OH is 1. The standard InChI is InChI=1S/C15H14ClNO5S/c1-17(10-6-23(21,22)7-11(10)18)13-12(16)14(19)8-4-2-3-5-9(8)15(13)20/h2-5,10-11,18H,6-7H2,1H3/t10-,11+/m1/s1. The summed E-state index contributed by atoms with van der Waals surface area (Å²) in [5, 5.41) is 9.72. The zero-order valence-electron chi connectivity index (χ0n) is 12.2. The Hall–Kier alpha value is -1.70. The summed E-state index contributed by atoms with van der Waals surface area (Å²) in [6.45, 7) is 0. The van der Waals surface area contributed by atoms with Gasteiger partial charge in [0.05, 0.1) is 23.7 Å². The second kappa shape index (κ2) is 5.43. The van der Waals surface area contributed by atoms with Crippen molar-refractivity contribution in [3.63, 3.8) is 0 Å². The second-order valence-electron chi connectivity index (χ2n) is 5.69. The molecular formula is C15H14ClNO5S. The Labute approximate surface area is 138 Å². The number of benzene rings is 1. The van der Waals surface area contributed by atoms with E-state index >= 15 is 0 Å². The molecule has 1 aliphatic heterocycles. The van der Waals surface area contributed by atoms with Gasteiger partial charge in [0.2, 0.25) is 11.6 Å². The molecule has 0 aromatic heterocycles. The smallest absolute Gasteiger partial charge is 0.211 e. The molecule has 0 spiro atoms. The zero-order valence-corrected chi connectivity index (χ0v) is 13.8. The van der Waals surface area contributed by atoms with E-state index in [1.807, 2.05) is 0 Å². The van der Waals surface area contributed by atoms with E-state index in [4.69, 9.17) is 11.6 Å². The van der Waals surface area contributed by atoms with Gasteiger partial charge < -0.3 is 10.0 Å². The van der Waals surface area contributed by atoms with Gasteiger partial charge in [-0.2, -0.15) is 0 Å². The maximum atomic E-state index is 12.7. The van der Waals surface area contributed by atoms with E-state index in [0.717, 1.165) is 0 Å². The van der Waals surface area contributed by atoms with Crippen LogP contribution in [0.2, 0.25) is 0 Å². The lowest BCUT2D eigenvalue weighted by Crippen LogP contribution is -2.43. The summed E-state index contributed by atoms with van der Waals surface area (Å²) < 4.78 is 23.4. The van der Waals surface area contributed by atoms with Crippen LogP contribution in [0.15, 0.2) is 35.0 Å². The average molecular weight is 356 g/mol. The van der Waals surface area contributed by atoms with Gasteiger partial charge in [-0.05, 0) is 0 Å². The van der Waals surface area contributed by atoms with E-state index in [1.165, 1.54) is 24.1 Å². The number of allylic oxidation sites excluding steroid dienone is 2. The van der Waals surface area contributed by atoms with E-state index in [0.29, 0.717) is 0 Å². The Morgan fingerprint density at radius 1 is 1.13 bits per heavy atom. The lowest BCUT2D eigenvalue weighted by atomic mass is 9.91. The third-order valence-corrected chi connectivity index (χ3v) is 6.23. The molecule has 6 nitrogen and oxygen atoms in total. The number of aliphatic hydroxyl groups is 1. The maximum absolute atomic E-state index is 12.7. The quantitative estimate of drug-likeness (QED) is 0.835. The summed E-state index contributed by atoms with van der Waals surface area (Å²) in [5.41, 5.74) is 0.370. The Bertz CT molecular complexity index is 845. The van der Waals surface area contributed by atoms with Gasteiger partial charge in [0.15, 0.2) is 9.84 Å². The van der Waals surface area contributed by atoms with Gasteiger partial charge in [-0.1, -0.05) is 35.9 Å². The molecule has 0 unspecified atom stereocenters. The van der Waals surface area contributed by atoms with Gasteiger partial charge in [-0.15, -0.1) is 0 Å². The van der Waals surface area contributed by atoms with Crippen LogP contribution in [0.3, 0.4) is 0 Å². The Morgan fingerprint density at radius 2 is 1.70 bits per heavy atom. The summed E-state index contributed by atoms with van der Waals surface area (Å²) in [7, 11) is -1.93.